The van der Waals surface area contributed by atoms with Gasteiger partial charge in [0.1, 0.15) is 0 Å². The second kappa shape index (κ2) is 11.9. The molecule has 2 rings (SSSR count). The highest BCUT2D eigenvalue weighted by Gasteiger charge is 2.33. The van der Waals surface area contributed by atoms with Crippen molar-refractivity contribution in [2.45, 2.75) is 66.3 Å². The first-order valence-corrected chi connectivity index (χ1v) is 10.1. The average molecular weight is 491 g/mol. The molecular formula is C20H38IN5O. The van der Waals surface area contributed by atoms with Crippen molar-refractivity contribution in [2.24, 2.45) is 17.5 Å². The van der Waals surface area contributed by atoms with Gasteiger partial charge in [0.2, 0.25) is 0 Å². The molecule has 0 bridgehead atoms. The van der Waals surface area contributed by atoms with Crippen LogP contribution in [0.3, 0.4) is 0 Å². The summed E-state index contributed by atoms with van der Waals surface area (Å²) in [6.45, 7) is 12.5. The normalized spacial score (nSPS) is 16.3. The first-order valence-electron chi connectivity index (χ1n) is 10.1. The molecule has 6 nitrogen and oxygen atoms in total. The van der Waals surface area contributed by atoms with E-state index < -0.39 is 0 Å². The van der Waals surface area contributed by atoms with Crippen LogP contribution in [0.15, 0.2) is 4.99 Å². The minimum Gasteiger partial charge on any atom is -0.382 e. The minimum atomic E-state index is 0. The number of hydrogen-bond acceptors (Lipinski definition) is 3. The third-order valence-electron chi connectivity index (χ3n) is 5.67. The summed E-state index contributed by atoms with van der Waals surface area (Å²) in [5.74, 6) is 0.901. The van der Waals surface area contributed by atoms with E-state index in [1.807, 2.05) is 11.7 Å². The summed E-state index contributed by atoms with van der Waals surface area (Å²) in [5.41, 5.74) is 3.82. The predicted molar refractivity (Wildman–Crippen MR) is 123 cm³/mol. The molecule has 156 valence electrons. The van der Waals surface area contributed by atoms with E-state index >= 15 is 0 Å². The summed E-state index contributed by atoms with van der Waals surface area (Å²) in [6.07, 6.45) is 6.36. The van der Waals surface area contributed by atoms with Crippen LogP contribution in [0.25, 0.3) is 0 Å². The number of aliphatic imine (C=N–C) groups is 1. The van der Waals surface area contributed by atoms with Crippen molar-refractivity contribution < 1.29 is 4.74 Å². The van der Waals surface area contributed by atoms with E-state index in [2.05, 4.69) is 43.4 Å². The van der Waals surface area contributed by atoms with Gasteiger partial charge in [-0.05, 0) is 52.4 Å². The lowest BCUT2D eigenvalue weighted by atomic mass is 9.83. The zero-order valence-electron chi connectivity index (χ0n) is 17.7. The van der Waals surface area contributed by atoms with Crippen LogP contribution in [-0.2, 0) is 18.3 Å². The Bertz CT molecular complexity index is 593. The molecule has 7 heteroatoms. The highest BCUT2D eigenvalue weighted by Crippen LogP contribution is 2.40. The Morgan fingerprint density at radius 1 is 1.22 bits per heavy atom. The van der Waals surface area contributed by atoms with Gasteiger partial charge in [0.25, 0.3) is 0 Å². The van der Waals surface area contributed by atoms with Crippen LogP contribution in [0.4, 0.5) is 0 Å². The van der Waals surface area contributed by atoms with Crippen LogP contribution in [0.1, 0.15) is 62.9 Å². The van der Waals surface area contributed by atoms with Crippen LogP contribution < -0.4 is 10.6 Å². The summed E-state index contributed by atoms with van der Waals surface area (Å²) in [4.78, 5) is 4.82. The summed E-state index contributed by atoms with van der Waals surface area (Å²) >= 11 is 0. The topological polar surface area (TPSA) is 63.5 Å². The van der Waals surface area contributed by atoms with E-state index in [0.29, 0.717) is 12.0 Å². The van der Waals surface area contributed by atoms with E-state index in [0.717, 1.165) is 44.4 Å². The SMILES string of the molecule is CCNC(=NCc1c(C)nn(C)c1C)NCC1(CCOCC)CCCC1.I. The molecule has 1 aliphatic rings. The number of nitrogens with one attached hydrogen (secondary N) is 2. The molecule has 0 radical (unpaired) electrons. The summed E-state index contributed by atoms with van der Waals surface area (Å²) in [7, 11) is 1.99. The molecule has 0 spiro atoms. The lowest BCUT2D eigenvalue weighted by molar-refractivity contribution is 0.105. The number of guanidine groups is 1. The van der Waals surface area contributed by atoms with Gasteiger partial charge in [0.05, 0.1) is 12.2 Å². The van der Waals surface area contributed by atoms with Crippen LogP contribution in [0.5, 0.6) is 0 Å². The Morgan fingerprint density at radius 2 is 1.93 bits per heavy atom. The molecule has 27 heavy (non-hydrogen) atoms. The molecule has 0 atom stereocenters. The van der Waals surface area contributed by atoms with Crippen molar-refractivity contribution in [1.82, 2.24) is 20.4 Å². The van der Waals surface area contributed by atoms with E-state index in [1.165, 1.54) is 36.9 Å². The molecule has 1 aromatic heterocycles. The molecule has 0 aliphatic heterocycles. The molecule has 0 aromatic carbocycles. The fourth-order valence-corrected chi connectivity index (χ4v) is 3.89. The number of nitrogens with zero attached hydrogens (tertiary/aromatic N) is 3. The molecule has 1 heterocycles. The third-order valence-corrected chi connectivity index (χ3v) is 5.67. The number of rotatable bonds is 9. The smallest absolute Gasteiger partial charge is 0.191 e. The molecule has 1 aromatic rings. The Kier molecular flexibility index (Phi) is 10.7. The summed E-state index contributed by atoms with van der Waals surface area (Å²) in [6, 6.07) is 0. The van der Waals surface area contributed by atoms with Crippen molar-refractivity contribution in [3.8, 4) is 0 Å². The average Bonchev–Trinajstić information content (AvgIpc) is 3.17. The molecule has 2 N–H and O–H groups in total. The molecule has 0 amide bonds. The van der Waals surface area contributed by atoms with Crippen LogP contribution in [-0.4, -0.2) is 42.0 Å². The van der Waals surface area contributed by atoms with Gasteiger partial charge in [-0.25, -0.2) is 4.99 Å². The van der Waals surface area contributed by atoms with Crippen LogP contribution in [0.2, 0.25) is 0 Å². The number of ether oxygens (including phenoxy) is 1. The monoisotopic (exact) mass is 491 g/mol. The van der Waals surface area contributed by atoms with Gasteiger partial charge < -0.3 is 15.4 Å². The Balaban J connectivity index is 0.00000364. The van der Waals surface area contributed by atoms with Gasteiger partial charge in [-0.3, -0.25) is 4.68 Å². The van der Waals surface area contributed by atoms with Crippen LogP contribution in [0, 0.1) is 19.3 Å². The Morgan fingerprint density at radius 3 is 2.48 bits per heavy atom. The van der Waals surface area contributed by atoms with Gasteiger partial charge in [-0.15, -0.1) is 24.0 Å². The standard InChI is InChI=1S/C20H37N5O.HI/c1-6-21-19(22-14-18-16(3)24-25(5)17(18)4)23-15-20(10-8-9-11-20)12-13-26-7-2;/h6-15H2,1-5H3,(H2,21,22,23);1H. The summed E-state index contributed by atoms with van der Waals surface area (Å²) < 4.78 is 7.56. The molecule has 1 fully saturated rings. The van der Waals surface area contributed by atoms with Gasteiger partial charge in [-0.2, -0.15) is 5.10 Å². The van der Waals surface area contributed by atoms with Crippen molar-refractivity contribution >= 4 is 29.9 Å². The van der Waals surface area contributed by atoms with Crippen molar-refractivity contribution in [1.29, 1.82) is 0 Å². The van der Waals surface area contributed by atoms with Crippen molar-refractivity contribution in [3.63, 3.8) is 0 Å². The second-order valence-electron chi connectivity index (χ2n) is 7.48. The van der Waals surface area contributed by atoms with Crippen molar-refractivity contribution in [2.75, 3.05) is 26.3 Å². The quantitative estimate of drug-likeness (QED) is 0.239. The van der Waals surface area contributed by atoms with Gasteiger partial charge in [-0.1, -0.05) is 12.8 Å². The molecular weight excluding hydrogens is 453 g/mol. The maximum absolute atomic E-state index is 5.63. The number of aromatic nitrogens is 2. The first kappa shape index (κ1) is 24.2. The van der Waals surface area contributed by atoms with E-state index in [4.69, 9.17) is 9.73 Å². The van der Waals surface area contributed by atoms with Gasteiger partial charge in [0, 0.05) is 44.6 Å². The largest absolute Gasteiger partial charge is 0.382 e. The van der Waals surface area contributed by atoms with Gasteiger partial charge in [0.15, 0.2) is 5.96 Å². The lowest BCUT2D eigenvalue weighted by Gasteiger charge is -2.30. The van der Waals surface area contributed by atoms with Crippen LogP contribution >= 0.6 is 24.0 Å². The molecule has 1 aliphatic carbocycles. The number of halogens is 1. The van der Waals surface area contributed by atoms with Gasteiger partial charge >= 0.3 is 0 Å². The summed E-state index contributed by atoms with van der Waals surface area (Å²) in [5, 5.41) is 11.5. The highest BCUT2D eigenvalue weighted by molar-refractivity contribution is 14.0. The fraction of sp³-hybridized carbons (Fsp3) is 0.800. The minimum absolute atomic E-state index is 0. The first-order chi connectivity index (χ1) is 12.5. The molecule has 0 saturated heterocycles. The second-order valence-corrected chi connectivity index (χ2v) is 7.48. The van der Waals surface area contributed by atoms with E-state index in [1.54, 1.807) is 0 Å². The van der Waals surface area contributed by atoms with E-state index in [-0.39, 0.29) is 24.0 Å². The van der Waals surface area contributed by atoms with E-state index in [9.17, 15) is 0 Å². The zero-order chi connectivity index (χ0) is 19.0. The molecule has 1 saturated carbocycles. The number of hydrogen-bond donors (Lipinski definition) is 2. The maximum atomic E-state index is 5.63. The predicted octanol–water partition coefficient (Wildman–Crippen LogP) is 3.70. The van der Waals surface area contributed by atoms with Crippen molar-refractivity contribution in [3.05, 3.63) is 17.0 Å². The molecule has 0 unspecified atom stereocenters. The third kappa shape index (κ3) is 6.93. The zero-order valence-corrected chi connectivity index (χ0v) is 20.1. The Labute approximate surface area is 181 Å². The number of aryl methyl sites for hydroxylation is 2. The fourth-order valence-electron chi connectivity index (χ4n) is 3.89. The lowest BCUT2D eigenvalue weighted by Crippen LogP contribution is -2.43. The maximum Gasteiger partial charge on any atom is 0.191 e. The highest BCUT2D eigenvalue weighted by atomic mass is 127. The Hall–Kier alpha value is -0.830.